The molecule has 1 aromatic heterocycles. The van der Waals surface area contributed by atoms with Crippen LogP contribution in [-0.4, -0.2) is 11.5 Å². The van der Waals surface area contributed by atoms with Crippen molar-refractivity contribution in [1.82, 2.24) is 4.98 Å². The van der Waals surface area contributed by atoms with E-state index in [0.717, 1.165) is 32.2 Å². The van der Waals surface area contributed by atoms with E-state index in [0.29, 0.717) is 0 Å². The standard InChI is InChI=1S/C22H27IN2/c1-2-3-8-16-9-7-13-20-19(12-4-5-14-24)22(25-21(16)20)17-10-6-11-18(23)15-17/h6-7,9-11,13,15,25H,2-5,8,12,14,24H2,1H3. The zero-order valence-electron chi connectivity index (χ0n) is 14.9. The summed E-state index contributed by atoms with van der Waals surface area (Å²) in [5, 5.41) is 1.39. The second kappa shape index (κ2) is 8.86. The lowest BCUT2D eigenvalue weighted by Crippen LogP contribution is -1.99. The molecule has 1 heterocycles. The molecule has 0 saturated carbocycles. The summed E-state index contributed by atoms with van der Waals surface area (Å²) in [4.78, 5) is 3.78. The Kier molecular flexibility index (Phi) is 6.54. The number of para-hydroxylation sites is 1. The van der Waals surface area contributed by atoms with Crippen LogP contribution in [0.2, 0.25) is 0 Å². The fourth-order valence-electron chi connectivity index (χ4n) is 3.51. The van der Waals surface area contributed by atoms with Crippen LogP contribution in [0.3, 0.4) is 0 Å². The van der Waals surface area contributed by atoms with Crippen molar-refractivity contribution < 1.29 is 0 Å². The predicted octanol–water partition coefficient (Wildman–Crippen LogP) is 6.06. The van der Waals surface area contributed by atoms with Gasteiger partial charge in [-0.25, -0.2) is 0 Å². The second-order valence-corrected chi connectivity index (χ2v) is 7.92. The maximum Gasteiger partial charge on any atom is 0.0497 e. The van der Waals surface area contributed by atoms with E-state index in [-0.39, 0.29) is 0 Å². The van der Waals surface area contributed by atoms with Gasteiger partial charge in [0.15, 0.2) is 0 Å². The zero-order valence-corrected chi connectivity index (χ0v) is 17.1. The van der Waals surface area contributed by atoms with E-state index in [2.05, 4.69) is 77.0 Å². The van der Waals surface area contributed by atoms with Crippen LogP contribution in [0.15, 0.2) is 42.5 Å². The third-order valence-corrected chi connectivity index (χ3v) is 5.49. The Morgan fingerprint density at radius 3 is 2.60 bits per heavy atom. The SMILES string of the molecule is CCCCc1cccc2c(CCCCN)c(-c3cccc(I)c3)[nH]c12. The molecule has 0 aliphatic rings. The highest BCUT2D eigenvalue weighted by Gasteiger charge is 2.15. The third-order valence-electron chi connectivity index (χ3n) is 4.82. The number of fused-ring (bicyclic) bond motifs is 1. The lowest BCUT2D eigenvalue weighted by Gasteiger charge is -2.06. The fraction of sp³-hybridized carbons (Fsp3) is 0.364. The maximum atomic E-state index is 5.72. The van der Waals surface area contributed by atoms with E-state index in [9.17, 15) is 0 Å². The smallest absolute Gasteiger partial charge is 0.0497 e. The molecular weight excluding hydrogens is 419 g/mol. The first-order valence-electron chi connectivity index (χ1n) is 9.33. The van der Waals surface area contributed by atoms with Gasteiger partial charge in [0.1, 0.15) is 0 Å². The van der Waals surface area contributed by atoms with Gasteiger partial charge in [-0.1, -0.05) is 43.7 Å². The quantitative estimate of drug-likeness (QED) is 0.320. The van der Waals surface area contributed by atoms with Crippen LogP contribution >= 0.6 is 22.6 Å². The Hall–Kier alpha value is -1.33. The molecule has 3 heteroatoms. The molecule has 0 fully saturated rings. The molecule has 2 aromatic carbocycles. The average molecular weight is 446 g/mol. The highest BCUT2D eigenvalue weighted by atomic mass is 127. The minimum absolute atomic E-state index is 0.767. The van der Waals surface area contributed by atoms with E-state index in [4.69, 9.17) is 5.73 Å². The first kappa shape index (κ1) is 18.5. The highest BCUT2D eigenvalue weighted by Crippen LogP contribution is 2.34. The Balaban J connectivity index is 2.11. The highest BCUT2D eigenvalue weighted by molar-refractivity contribution is 14.1. The molecule has 3 N–H and O–H groups in total. The number of nitrogens with two attached hydrogens (primary N) is 1. The Bertz CT molecular complexity index is 835. The summed E-state index contributed by atoms with van der Waals surface area (Å²) in [6.07, 6.45) is 6.90. The van der Waals surface area contributed by atoms with Crippen molar-refractivity contribution in [3.05, 3.63) is 57.2 Å². The molecule has 0 amide bonds. The average Bonchev–Trinajstić information content (AvgIpc) is 2.99. The summed E-state index contributed by atoms with van der Waals surface area (Å²) in [6.45, 7) is 3.02. The summed E-state index contributed by atoms with van der Waals surface area (Å²) >= 11 is 2.39. The van der Waals surface area contributed by atoms with Gasteiger partial charge < -0.3 is 10.7 Å². The Morgan fingerprint density at radius 2 is 1.84 bits per heavy atom. The van der Waals surface area contributed by atoms with E-state index < -0.39 is 0 Å². The van der Waals surface area contributed by atoms with Crippen LogP contribution in [0.4, 0.5) is 0 Å². The number of aromatic nitrogens is 1. The van der Waals surface area contributed by atoms with Crippen molar-refractivity contribution in [2.45, 2.75) is 45.4 Å². The number of aromatic amines is 1. The number of hydrogen-bond donors (Lipinski definition) is 2. The molecule has 0 spiro atoms. The molecule has 0 aliphatic heterocycles. The van der Waals surface area contributed by atoms with Crippen molar-refractivity contribution in [3.63, 3.8) is 0 Å². The summed E-state index contributed by atoms with van der Waals surface area (Å²) < 4.78 is 1.27. The fourth-order valence-corrected chi connectivity index (χ4v) is 4.05. The van der Waals surface area contributed by atoms with E-state index >= 15 is 0 Å². The summed E-state index contributed by atoms with van der Waals surface area (Å²) in [5.41, 5.74) is 12.5. The van der Waals surface area contributed by atoms with Crippen LogP contribution in [0.25, 0.3) is 22.2 Å². The number of hydrogen-bond acceptors (Lipinski definition) is 1. The third kappa shape index (κ3) is 4.26. The van der Waals surface area contributed by atoms with Gasteiger partial charge in [0.05, 0.1) is 0 Å². The molecular formula is C22H27IN2. The Morgan fingerprint density at radius 1 is 1.00 bits per heavy atom. The zero-order chi connectivity index (χ0) is 17.6. The molecule has 0 saturated heterocycles. The molecule has 0 unspecified atom stereocenters. The van der Waals surface area contributed by atoms with E-state index in [1.165, 1.54) is 49.7 Å². The molecule has 3 aromatic rings. The molecule has 25 heavy (non-hydrogen) atoms. The second-order valence-electron chi connectivity index (χ2n) is 6.68. The van der Waals surface area contributed by atoms with Gasteiger partial charge in [-0.2, -0.15) is 0 Å². The van der Waals surface area contributed by atoms with Crippen LogP contribution in [0.1, 0.15) is 43.7 Å². The normalized spacial score (nSPS) is 11.3. The first-order valence-corrected chi connectivity index (χ1v) is 10.4. The number of H-pyrrole nitrogens is 1. The minimum atomic E-state index is 0.767. The monoisotopic (exact) mass is 446 g/mol. The summed E-state index contributed by atoms with van der Waals surface area (Å²) in [6, 6.07) is 15.5. The van der Waals surface area contributed by atoms with Crippen molar-refractivity contribution in [2.24, 2.45) is 5.73 Å². The van der Waals surface area contributed by atoms with E-state index in [1.807, 2.05) is 0 Å². The molecule has 0 radical (unpaired) electrons. The van der Waals surface area contributed by atoms with Crippen molar-refractivity contribution in [3.8, 4) is 11.3 Å². The maximum absolute atomic E-state index is 5.72. The van der Waals surface area contributed by atoms with Gasteiger partial charge in [-0.15, -0.1) is 0 Å². The number of aryl methyl sites for hydroxylation is 2. The predicted molar refractivity (Wildman–Crippen MR) is 117 cm³/mol. The number of nitrogens with one attached hydrogen (secondary N) is 1. The van der Waals surface area contributed by atoms with Crippen LogP contribution in [-0.2, 0) is 12.8 Å². The van der Waals surface area contributed by atoms with Gasteiger partial charge >= 0.3 is 0 Å². The van der Waals surface area contributed by atoms with Crippen molar-refractivity contribution >= 4 is 33.5 Å². The molecule has 132 valence electrons. The van der Waals surface area contributed by atoms with Gasteiger partial charge in [-0.05, 0) is 90.1 Å². The number of halogens is 1. The van der Waals surface area contributed by atoms with Crippen molar-refractivity contribution in [1.29, 1.82) is 0 Å². The lowest BCUT2D eigenvalue weighted by atomic mass is 9.98. The molecule has 0 aliphatic carbocycles. The van der Waals surface area contributed by atoms with Gasteiger partial charge in [0.25, 0.3) is 0 Å². The van der Waals surface area contributed by atoms with Gasteiger partial charge in [0.2, 0.25) is 0 Å². The molecule has 3 rings (SSSR count). The molecule has 2 nitrogen and oxygen atoms in total. The van der Waals surface area contributed by atoms with Crippen LogP contribution in [0.5, 0.6) is 0 Å². The lowest BCUT2D eigenvalue weighted by molar-refractivity contribution is 0.748. The van der Waals surface area contributed by atoms with E-state index in [1.54, 1.807) is 0 Å². The summed E-state index contributed by atoms with van der Waals surface area (Å²) in [5.74, 6) is 0. The van der Waals surface area contributed by atoms with Gasteiger partial charge in [-0.3, -0.25) is 0 Å². The topological polar surface area (TPSA) is 41.8 Å². The van der Waals surface area contributed by atoms with Crippen molar-refractivity contribution in [2.75, 3.05) is 6.54 Å². The van der Waals surface area contributed by atoms with Crippen LogP contribution < -0.4 is 5.73 Å². The molecule has 0 atom stereocenters. The largest absolute Gasteiger partial charge is 0.354 e. The number of rotatable bonds is 8. The first-order chi connectivity index (χ1) is 12.2. The minimum Gasteiger partial charge on any atom is -0.354 e. The summed E-state index contributed by atoms with van der Waals surface area (Å²) in [7, 11) is 0. The number of benzene rings is 2. The van der Waals surface area contributed by atoms with Crippen LogP contribution in [0, 0.1) is 3.57 Å². The number of unbranched alkanes of at least 4 members (excludes halogenated alkanes) is 2. The molecule has 0 bridgehead atoms. The Labute approximate surface area is 164 Å². The van der Waals surface area contributed by atoms with Gasteiger partial charge in [0, 0.05) is 20.2 Å².